The molecule has 1 aliphatic rings. The van der Waals surface area contributed by atoms with Crippen LogP contribution in [0.15, 0.2) is 78.9 Å². The van der Waals surface area contributed by atoms with Gasteiger partial charge in [-0.15, -0.1) is 0 Å². The number of aryl methyl sites for hydroxylation is 1. The molecule has 0 spiro atoms. The van der Waals surface area contributed by atoms with Crippen LogP contribution in [0, 0.1) is 0 Å². The van der Waals surface area contributed by atoms with E-state index in [0.29, 0.717) is 5.95 Å². The van der Waals surface area contributed by atoms with Crippen LogP contribution in [0.3, 0.4) is 0 Å². The third kappa shape index (κ3) is 5.06. The number of aromatic nitrogens is 2. The molecule has 2 heterocycles. The number of nitrogens with one attached hydrogen (secondary N) is 1. The number of anilines is 1. The standard InChI is InChI=1S/C28H31N5O2/c1-31-25-14-13-21(19-24(25)29-27(31)30-28(34)35-2)20-32-15-17-33(18-16-32)26(22-9-5-3-6-10-22)23-11-7-4-8-12-23/h3-14,19,26H,15-18,20H2,1-2H3,(H,29,30,34). The fourth-order valence-electron chi connectivity index (χ4n) is 4.92. The molecule has 3 aromatic carbocycles. The largest absolute Gasteiger partial charge is 0.453 e. The fraction of sp³-hybridized carbons (Fsp3) is 0.286. The van der Waals surface area contributed by atoms with E-state index in [0.717, 1.165) is 43.8 Å². The highest BCUT2D eigenvalue weighted by atomic mass is 16.5. The summed E-state index contributed by atoms with van der Waals surface area (Å²) in [6.07, 6.45) is -0.522. The van der Waals surface area contributed by atoms with E-state index in [1.54, 1.807) is 0 Å². The smallest absolute Gasteiger partial charge is 0.413 e. The van der Waals surface area contributed by atoms with Gasteiger partial charge in [-0.2, -0.15) is 0 Å². The van der Waals surface area contributed by atoms with E-state index in [-0.39, 0.29) is 6.04 Å². The number of methoxy groups -OCH3 is 1. The molecule has 0 saturated carbocycles. The summed E-state index contributed by atoms with van der Waals surface area (Å²) in [5.74, 6) is 0.477. The van der Waals surface area contributed by atoms with Gasteiger partial charge in [0.1, 0.15) is 0 Å². The highest BCUT2D eigenvalue weighted by Crippen LogP contribution is 2.30. The van der Waals surface area contributed by atoms with Crippen LogP contribution in [0.2, 0.25) is 0 Å². The van der Waals surface area contributed by atoms with Crippen LogP contribution >= 0.6 is 0 Å². The number of piperazine rings is 1. The van der Waals surface area contributed by atoms with Gasteiger partial charge in [0.2, 0.25) is 5.95 Å². The van der Waals surface area contributed by atoms with Crippen LogP contribution < -0.4 is 5.32 Å². The molecule has 0 radical (unpaired) electrons. The summed E-state index contributed by atoms with van der Waals surface area (Å²) in [6, 6.07) is 28.2. The predicted octanol–water partition coefficient (Wildman–Crippen LogP) is 4.66. The highest BCUT2D eigenvalue weighted by molar-refractivity contribution is 5.87. The highest BCUT2D eigenvalue weighted by Gasteiger charge is 2.26. The molecule has 1 aromatic heterocycles. The van der Waals surface area contributed by atoms with Crippen LogP contribution in [-0.4, -0.2) is 58.7 Å². The van der Waals surface area contributed by atoms with Crippen molar-refractivity contribution in [3.63, 3.8) is 0 Å². The Labute approximate surface area is 205 Å². The molecular weight excluding hydrogens is 438 g/mol. The van der Waals surface area contributed by atoms with Crippen molar-refractivity contribution >= 4 is 23.1 Å². The van der Waals surface area contributed by atoms with E-state index in [1.165, 1.54) is 23.8 Å². The van der Waals surface area contributed by atoms with Crippen LogP contribution in [0.4, 0.5) is 10.7 Å². The average Bonchev–Trinajstić information content (AvgIpc) is 3.20. The monoisotopic (exact) mass is 469 g/mol. The minimum absolute atomic E-state index is 0.269. The summed E-state index contributed by atoms with van der Waals surface area (Å²) in [7, 11) is 3.23. The van der Waals surface area contributed by atoms with E-state index < -0.39 is 6.09 Å². The van der Waals surface area contributed by atoms with E-state index in [1.807, 2.05) is 11.6 Å². The van der Waals surface area contributed by atoms with Gasteiger partial charge in [0, 0.05) is 39.8 Å². The van der Waals surface area contributed by atoms with E-state index in [4.69, 9.17) is 4.74 Å². The molecule has 1 saturated heterocycles. The molecule has 4 aromatic rings. The van der Waals surface area contributed by atoms with Crippen LogP contribution in [0.5, 0.6) is 0 Å². The number of carbonyl (C=O) groups excluding carboxylic acids is 1. The number of amides is 1. The molecule has 1 fully saturated rings. The maximum Gasteiger partial charge on any atom is 0.413 e. The van der Waals surface area contributed by atoms with Gasteiger partial charge in [-0.05, 0) is 28.8 Å². The molecule has 1 N–H and O–H groups in total. The zero-order valence-corrected chi connectivity index (χ0v) is 20.2. The number of hydrogen-bond donors (Lipinski definition) is 1. The van der Waals surface area contributed by atoms with Crippen molar-refractivity contribution in [2.24, 2.45) is 7.05 Å². The number of carbonyl (C=O) groups is 1. The molecule has 7 heteroatoms. The first-order valence-corrected chi connectivity index (χ1v) is 12.0. The first-order chi connectivity index (χ1) is 17.1. The van der Waals surface area contributed by atoms with Crippen molar-refractivity contribution in [1.29, 1.82) is 0 Å². The van der Waals surface area contributed by atoms with Crippen LogP contribution in [-0.2, 0) is 18.3 Å². The van der Waals surface area contributed by atoms with Crippen molar-refractivity contribution in [2.75, 3.05) is 38.6 Å². The van der Waals surface area contributed by atoms with Crippen LogP contribution in [0.1, 0.15) is 22.7 Å². The number of rotatable bonds is 6. The van der Waals surface area contributed by atoms with Crippen molar-refractivity contribution < 1.29 is 9.53 Å². The Bertz CT molecular complexity index is 1240. The zero-order chi connectivity index (χ0) is 24.2. The summed E-state index contributed by atoms with van der Waals surface area (Å²) in [6.45, 7) is 4.90. The molecule has 5 rings (SSSR count). The normalized spacial score (nSPS) is 14.9. The summed E-state index contributed by atoms with van der Waals surface area (Å²) in [4.78, 5) is 21.3. The molecule has 0 atom stereocenters. The van der Waals surface area contributed by atoms with Gasteiger partial charge in [0.05, 0.1) is 24.2 Å². The Morgan fingerprint density at radius 2 is 1.57 bits per heavy atom. The minimum atomic E-state index is -0.522. The Hall–Kier alpha value is -3.68. The van der Waals surface area contributed by atoms with Crippen molar-refractivity contribution in [1.82, 2.24) is 19.4 Å². The molecular formula is C28H31N5O2. The fourth-order valence-corrected chi connectivity index (χ4v) is 4.92. The number of hydrogen-bond acceptors (Lipinski definition) is 5. The van der Waals surface area contributed by atoms with Gasteiger partial charge < -0.3 is 9.30 Å². The van der Waals surface area contributed by atoms with Gasteiger partial charge in [-0.3, -0.25) is 15.1 Å². The lowest BCUT2D eigenvalue weighted by Gasteiger charge is -2.39. The van der Waals surface area contributed by atoms with Gasteiger partial charge >= 0.3 is 6.09 Å². The summed E-state index contributed by atoms with van der Waals surface area (Å²) in [5, 5.41) is 2.67. The number of benzene rings is 3. The summed E-state index contributed by atoms with van der Waals surface area (Å²) >= 11 is 0. The van der Waals surface area contributed by atoms with Crippen LogP contribution in [0.25, 0.3) is 11.0 Å². The van der Waals surface area contributed by atoms with Crippen molar-refractivity contribution in [3.05, 3.63) is 95.6 Å². The number of nitrogens with zero attached hydrogens (tertiary/aromatic N) is 4. The predicted molar refractivity (Wildman–Crippen MR) is 138 cm³/mol. The summed E-state index contributed by atoms with van der Waals surface area (Å²) < 4.78 is 6.56. The van der Waals surface area contributed by atoms with Gasteiger partial charge in [-0.1, -0.05) is 66.7 Å². The lowest BCUT2D eigenvalue weighted by Crippen LogP contribution is -2.47. The molecule has 1 amide bonds. The maximum absolute atomic E-state index is 11.6. The van der Waals surface area contributed by atoms with E-state index in [9.17, 15) is 4.79 Å². The molecule has 35 heavy (non-hydrogen) atoms. The lowest BCUT2D eigenvalue weighted by atomic mass is 9.96. The SMILES string of the molecule is COC(=O)Nc1nc2cc(CN3CCN(C(c4ccccc4)c4ccccc4)CC3)ccc2n1C. The molecule has 1 aliphatic heterocycles. The molecule has 0 aliphatic carbocycles. The Balaban J connectivity index is 1.27. The molecule has 180 valence electrons. The summed E-state index contributed by atoms with van der Waals surface area (Å²) in [5.41, 5.74) is 5.73. The molecule has 0 bridgehead atoms. The second kappa shape index (κ2) is 10.3. The first kappa shape index (κ1) is 23.1. The first-order valence-electron chi connectivity index (χ1n) is 12.0. The Morgan fingerprint density at radius 3 is 2.17 bits per heavy atom. The maximum atomic E-state index is 11.6. The van der Waals surface area contributed by atoms with E-state index >= 15 is 0 Å². The second-order valence-electron chi connectivity index (χ2n) is 8.97. The topological polar surface area (TPSA) is 62.6 Å². The third-order valence-corrected chi connectivity index (χ3v) is 6.75. The van der Waals surface area contributed by atoms with Gasteiger partial charge in [0.25, 0.3) is 0 Å². The molecule has 7 nitrogen and oxygen atoms in total. The molecule has 0 unspecified atom stereocenters. The second-order valence-corrected chi connectivity index (χ2v) is 8.97. The lowest BCUT2D eigenvalue weighted by molar-refractivity contribution is 0.105. The quantitative estimate of drug-likeness (QED) is 0.445. The van der Waals surface area contributed by atoms with Crippen molar-refractivity contribution in [2.45, 2.75) is 12.6 Å². The Morgan fingerprint density at radius 1 is 0.943 bits per heavy atom. The van der Waals surface area contributed by atoms with Gasteiger partial charge in [-0.25, -0.2) is 9.78 Å². The third-order valence-electron chi connectivity index (χ3n) is 6.75. The van der Waals surface area contributed by atoms with Gasteiger partial charge in [0.15, 0.2) is 0 Å². The zero-order valence-electron chi connectivity index (χ0n) is 20.2. The number of fused-ring (bicyclic) bond motifs is 1. The minimum Gasteiger partial charge on any atom is -0.453 e. The number of ether oxygens (including phenoxy) is 1. The number of imidazole rings is 1. The van der Waals surface area contributed by atoms with Crippen molar-refractivity contribution in [3.8, 4) is 0 Å². The van der Waals surface area contributed by atoms with E-state index in [2.05, 4.69) is 99.0 Å². The average molecular weight is 470 g/mol. The Kier molecular flexibility index (Phi) is 6.79.